The average molecular weight is 202 g/mol. The molecule has 68 valence electrons. The molecule has 0 aliphatic heterocycles. The van der Waals surface area contributed by atoms with Gasteiger partial charge in [-0.2, -0.15) is 0 Å². The number of nitrogens with two attached hydrogens (primary N) is 1. The van der Waals surface area contributed by atoms with Crippen LogP contribution >= 0.6 is 11.3 Å². The number of fused-ring (bicyclic) bond motifs is 3. The molecule has 3 rings (SSSR count). The summed E-state index contributed by atoms with van der Waals surface area (Å²) in [5.74, 6) is 0.517. The molecule has 3 aromatic rings. The standard InChI is InChI=1S/C9H6N4S/c10-6-2-1-5-7(13-6)8-9(14-5)12-4-3-11-8/h1-4H,(H2,10,13). The van der Waals surface area contributed by atoms with Crippen LogP contribution in [0, 0.1) is 0 Å². The van der Waals surface area contributed by atoms with Gasteiger partial charge < -0.3 is 5.73 Å². The zero-order valence-electron chi connectivity index (χ0n) is 7.14. The van der Waals surface area contributed by atoms with E-state index in [0.29, 0.717) is 5.82 Å². The molecule has 0 spiro atoms. The summed E-state index contributed by atoms with van der Waals surface area (Å²) in [6.07, 6.45) is 3.35. The van der Waals surface area contributed by atoms with Crippen molar-refractivity contribution in [1.82, 2.24) is 15.0 Å². The molecule has 0 saturated carbocycles. The lowest BCUT2D eigenvalue weighted by Gasteiger charge is -1.91. The largest absolute Gasteiger partial charge is 0.384 e. The number of hydrogen-bond acceptors (Lipinski definition) is 5. The Labute approximate surface area is 83.4 Å². The first kappa shape index (κ1) is 7.64. The topological polar surface area (TPSA) is 64.7 Å². The van der Waals surface area contributed by atoms with E-state index in [-0.39, 0.29) is 0 Å². The number of thiophene rings is 1. The van der Waals surface area contributed by atoms with Gasteiger partial charge in [-0.25, -0.2) is 15.0 Å². The Hall–Kier alpha value is -1.75. The minimum atomic E-state index is 0.517. The van der Waals surface area contributed by atoms with Crippen LogP contribution in [0.3, 0.4) is 0 Å². The molecular weight excluding hydrogens is 196 g/mol. The van der Waals surface area contributed by atoms with E-state index < -0.39 is 0 Å². The third-order valence-corrected chi connectivity index (χ3v) is 3.02. The summed E-state index contributed by atoms with van der Waals surface area (Å²) in [7, 11) is 0. The van der Waals surface area contributed by atoms with Crippen LogP contribution in [0.4, 0.5) is 5.82 Å². The SMILES string of the molecule is Nc1ccc2sc3nccnc3c2n1. The molecule has 0 saturated heterocycles. The van der Waals surface area contributed by atoms with Crippen LogP contribution in [0.1, 0.15) is 0 Å². The molecule has 3 heterocycles. The summed E-state index contributed by atoms with van der Waals surface area (Å²) in [6.45, 7) is 0. The maximum atomic E-state index is 5.62. The molecule has 5 heteroatoms. The van der Waals surface area contributed by atoms with E-state index in [1.807, 2.05) is 6.07 Å². The maximum absolute atomic E-state index is 5.62. The van der Waals surface area contributed by atoms with Crippen molar-refractivity contribution in [3.63, 3.8) is 0 Å². The summed E-state index contributed by atoms with van der Waals surface area (Å²) in [5, 5.41) is 0. The third kappa shape index (κ3) is 0.958. The van der Waals surface area contributed by atoms with Gasteiger partial charge in [0.05, 0.1) is 4.70 Å². The van der Waals surface area contributed by atoms with Crippen molar-refractivity contribution in [3.05, 3.63) is 24.5 Å². The lowest BCUT2D eigenvalue weighted by atomic mass is 10.3. The number of pyridine rings is 1. The first-order valence-electron chi connectivity index (χ1n) is 4.10. The normalized spacial score (nSPS) is 11.1. The van der Waals surface area contributed by atoms with Crippen LogP contribution in [0.15, 0.2) is 24.5 Å². The van der Waals surface area contributed by atoms with Crippen molar-refractivity contribution >= 4 is 37.7 Å². The van der Waals surface area contributed by atoms with Gasteiger partial charge in [-0.3, -0.25) is 0 Å². The van der Waals surface area contributed by atoms with Gasteiger partial charge in [0.2, 0.25) is 0 Å². The van der Waals surface area contributed by atoms with Gasteiger partial charge in [0.1, 0.15) is 21.7 Å². The molecule has 2 N–H and O–H groups in total. The molecule has 0 amide bonds. The molecule has 0 aromatic carbocycles. The zero-order valence-corrected chi connectivity index (χ0v) is 7.95. The average Bonchev–Trinajstić information content (AvgIpc) is 2.56. The lowest BCUT2D eigenvalue weighted by molar-refractivity contribution is 1.31. The number of hydrogen-bond donors (Lipinski definition) is 1. The minimum absolute atomic E-state index is 0.517. The molecule has 14 heavy (non-hydrogen) atoms. The highest BCUT2D eigenvalue weighted by atomic mass is 32.1. The van der Waals surface area contributed by atoms with Crippen molar-refractivity contribution in [2.75, 3.05) is 5.73 Å². The van der Waals surface area contributed by atoms with E-state index in [1.54, 1.807) is 29.8 Å². The van der Waals surface area contributed by atoms with Gasteiger partial charge in [-0.1, -0.05) is 0 Å². The molecule has 4 nitrogen and oxygen atoms in total. The number of nitrogen functional groups attached to an aromatic ring is 1. The Morgan fingerprint density at radius 2 is 1.93 bits per heavy atom. The molecular formula is C9H6N4S. The fourth-order valence-corrected chi connectivity index (χ4v) is 2.32. The Kier molecular flexibility index (Phi) is 1.43. The fraction of sp³-hybridized carbons (Fsp3) is 0. The van der Waals surface area contributed by atoms with Crippen LogP contribution in [0.25, 0.3) is 20.6 Å². The second-order valence-corrected chi connectivity index (χ2v) is 3.93. The van der Waals surface area contributed by atoms with Gasteiger partial charge >= 0.3 is 0 Å². The zero-order chi connectivity index (χ0) is 9.54. The lowest BCUT2D eigenvalue weighted by Crippen LogP contribution is -1.88. The first-order chi connectivity index (χ1) is 6.84. The van der Waals surface area contributed by atoms with E-state index in [0.717, 1.165) is 20.6 Å². The quantitative estimate of drug-likeness (QED) is 0.604. The summed E-state index contributed by atoms with van der Waals surface area (Å²) < 4.78 is 1.07. The summed E-state index contributed by atoms with van der Waals surface area (Å²) in [4.78, 5) is 13.6. The van der Waals surface area contributed by atoms with Crippen molar-refractivity contribution in [2.45, 2.75) is 0 Å². The van der Waals surface area contributed by atoms with Crippen molar-refractivity contribution < 1.29 is 0 Å². The molecule has 0 aliphatic rings. The second-order valence-electron chi connectivity index (χ2n) is 2.90. The molecule has 0 bridgehead atoms. The molecule has 0 unspecified atom stereocenters. The predicted molar refractivity (Wildman–Crippen MR) is 57.1 cm³/mol. The van der Waals surface area contributed by atoms with E-state index in [9.17, 15) is 0 Å². The van der Waals surface area contributed by atoms with Gasteiger partial charge in [0, 0.05) is 12.4 Å². The molecule has 0 atom stereocenters. The Morgan fingerprint density at radius 3 is 2.86 bits per heavy atom. The van der Waals surface area contributed by atoms with Crippen molar-refractivity contribution in [2.24, 2.45) is 0 Å². The van der Waals surface area contributed by atoms with E-state index in [1.165, 1.54) is 0 Å². The van der Waals surface area contributed by atoms with Crippen LogP contribution in [0.2, 0.25) is 0 Å². The van der Waals surface area contributed by atoms with Crippen LogP contribution in [0.5, 0.6) is 0 Å². The van der Waals surface area contributed by atoms with Crippen LogP contribution in [-0.2, 0) is 0 Å². The van der Waals surface area contributed by atoms with Gasteiger partial charge in [0.25, 0.3) is 0 Å². The second kappa shape index (κ2) is 2.62. The predicted octanol–water partition coefficient (Wildman–Crippen LogP) is 1.82. The Bertz CT molecular complexity index is 616. The van der Waals surface area contributed by atoms with Crippen molar-refractivity contribution in [1.29, 1.82) is 0 Å². The first-order valence-corrected chi connectivity index (χ1v) is 4.92. The molecule has 3 aromatic heterocycles. The van der Waals surface area contributed by atoms with Gasteiger partial charge in [-0.15, -0.1) is 11.3 Å². The summed E-state index contributed by atoms with van der Waals surface area (Å²) in [6, 6.07) is 3.74. The Morgan fingerprint density at radius 1 is 1.07 bits per heavy atom. The van der Waals surface area contributed by atoms with Crippen LogP contribution < -0.4 is 5.73 Å². The van der Waals surface area contributed by atoms with Crippen molar-refractivity contribution in [3.8, 4) is 0 Å². The monoisotopic (exact) mass is 202 g/mol. The van der Waals surface area contributed by atoms with E-state index >= 15 is 0 Å². The third-order valence-electron chi connectivity index (χ3n) is 1.98. The highest BCUT2D eigenvalue weighted by molar-refractivity contribution is 7.25. The number of aromatic nitrogens is 3. The highest BCUT2D eigenvalue weighted by Crippen LogP contribution is 2.29. The van der Waals surface area contributed by atoms with E-state index in [4.69, 9.17) is 5.73 Å². The fourth-order valence-electron chi connectivity index (χ4n) is 1.38. The smallest absolute Gasteiger partial charge is 0.144 e. The van der Waals surface area contributed by atoms with Gasteiger partial charge in [-0.05, 0) is 12.1 Å². The van der Waals surface area contributed by atoms with Crippen LogP contribution in [-0.4, -0.2) is 15.0 Å². The molecule has 0 radical (unpaired) electrons. The summed E-state index contributed by atoms with van der Waals surface area (Å²) in [5.41, 5.74) is 7.30. The van der Waals surface area contributed by atoms with Gasteiger partial charge in [0.15, 0.2) is 0 Å². The number of nitrogens with zero attached hydrogens (tertiary/aromatic N) is 3. The van der Waals surface area contributed by atoms with E-state index in [2.05, 4.69) is 15.0 Å². The summed E-state index contributed by atoms with van der Waals surface area (Å²) >= 11 is 1.58. The number of rotatable bonds is 0. The maximum Gasteiger partial charge on any atom is 0.144 e. The Balaban J connectivity index is 2.58. The highest BCUT2D eigenvalue weighted by Gasteiger charge is 2.07. The minimum Gasteiger partial charge on any atom is -0.384 e. The number of anilines is 1. The molecule has 0 aliphatic carbocycles. The molecule has 0 fully saturated rings.